The van der Waals surface area contributed by atoms with Gasteiger partial charge in [0.1, 0.15) is 11.6 Å². The molecule has 0 spiro atoms. The Kier molecular flexibility index (Phi) is 7.55. The second kappa shape index (κ2) is 10.6. The second-order valence-electron chi connectivity index (χ2n) is 9.15. The number of rotatable bonds is 7. The van der Waals surface area contributed by atoms with E-state index in [0.717, 1.165) is 32.0 Å². The van der Waals surface area contributed by atoms with Gasteiger partial charge in [-0.1, -0.05) is 24.3 Å². The quantitative estimate of drug-likeness (QED) is 0.413. The van der Waals surface area contributed by atoms with Crippen molar-refractivity contribution in [3.8, 4) is 16.9 Å². The average Bonchev–Trinajstić information content (AvgIpc) is 3.12. The third-order valence-electron chi connectivity index (χ3n) is 6.83. The molecule has 1 saturated carbocycles. The molecule has 3 aromatic rings. The van der Waals surface area contributed by atoms with Crippen LogP contribution in [0.15, 0.2) is 42.5 Å². The molecule has 1 amide bonds. The zero-order valence-electron chi connectivity index (χ0n) is 20.2. The van der Waals surface area contributed by atoms with Crippen molar-refractivity contribution in [2.24, 2.45) is 5.92 Å². The van der Waals surface area contributed by atoms with E-state index in [9.17, 15) is 19.1 Å². The summed E-state index contributed by atoms with van der Waals surface area (Å²) in [6.07, 6.45) is 3.18. The fourth-order valence-corrected chi connectivity index (χ4v) is 5.97. The first kappa shape index (κ1) is 24.9. The lowest BCUT2D eigenvalue weighted by molar-refractivity contribution is -0.142. The number of methoxy groups -OCH3 is 1. The van der Waals surface area contributed by atoms with Gasteiger partial charge in [0.15, 0.2) is 0 Å². The maximum absolute atomic E-state index is 13.8. The van der Waals surface area contributed by atoms with Crippen LogP contribution < -0.4 is 10.1 Å². The van der Waals surface area contributed by atoms with Gasteiger partial charge in [-0.15, -0.1) is 11.3 Å². The van der Waals surface area contributed by atoms with Crippen LogP contribution in [0.5, 0.6) is 5.75 Å². The smallest absolute Gasteiger partial charge is 0.306 e. The molecule has 2 aromatic carbocycles. The molecule has 0 saturated heterocycles. The third-order valence-corrected chi connectivity index (χ3v) is 7.89. The number of amides is 1. The number of ether oxygens (including phenoxy) is 1. The zero-order chi connectivity index (χ0) is 25.1. The molecule has 1 fully saturated rings. The Morgan fingerprint density at radius 2 is 1.74 bits per heavy atom. The van der Waals surface area contributed by atoms with Crippen molar-refractivity contribution in [3.05, 3.63) is 74.7 Å². The Bertz CT molecular complexity index is 1230. The van der Waals surface area contributed by atoms with Gasteiger partial charge in [0.05, 0.1) is 18.6 Å². The molecule has 1 aliphatic carbocycles. The van der Waals surface area contributed by atoms with E-state index in [1.807, 2.05) is 38.1 Å². The van der Waals surface area contributed by atoms with Crippen LogP contribution in [-0.2, 0) is 11.2 Å². The van der Waals surface area contributed by atoms with Gasteiger partial charge in [-0.2, -0.15) is 0 Å². The van der Waals surface area contributed by atoms with Crippen molar-refractivity contribution < 1.29 is 23.8 Å². The lowest BCUT2D eigenvalue weighted by Crippen LogP contribution is -2.39. The fraction of sp³-hybridized carbons (Fsp3) is 0.357. The van der Waals surface area contributed by atoms with E-state index in [2.05, 4.69) is 5.32 Å². The minimum Gasteiger partial charge on any atom is -0.496 e. The van der Waals surface area contributed by atoms with E-state index >= 15 is 0 Å². The normalized spacial score (nSPS) is 17.7. The molecular weight excluding hydrogens is 465 g/mol. The molecule has 0 atom stereocenters. The fourth-order valence-electron chi connectivity index (χ4n) is 4.89. The van der Waals surface area contributed by atoms with Gasteiger partial charge in [0, 0.05) is 21.4 Å². The molecule has 0 unspecified atom stereocenters. The predicted molar refractivity (Wildman–Crippen MR) is 136 cm³/mol. The summed E-state index contributed by atoms with van der Waals surface area (Å²) >= 11 is 1.62. The lowest BCUT2D eigenvalue weighted by atomic mass is 9.86. The summed E-state index contributed by atoms with van der Waals surface area (Å²) in [6, 6.07) is 12.4. The molecule has 5 nitrogen and oxygen atoms in total. The number of halogens is 1. The van der Waals surface area contributed by atoms with Crippen molar-refractivity contribution in [2.75, 3.05) is 7.11 Å². The average molecular weight is 496 g/mol. The number of aryl methyl sites for hydroxylation is 2. The van der Waals surface area contributed by atoms with Crippen LogP contribution in [0.25, 0.3) is 11.1 Å². The summed E-state index contributed by atoms with van der Waals surface area (Å²) in [6.45, 7) is 4.00. The van der Waals surface area contributed by atoms with Crippen molar-refractivity contribution >= 4 is 23.2 Å². The number of aliphatic carboxylic acids is 1. The van der Waals surface area contributed by atoms with Crippen molar-refractivity contribution in [2.45, 2.75) is 52.0 Å². The summed E-state index contributed by atoms with van der Waals surface area (Å²) in [4.78, 5) is 26.5. The first-order valence-electron chi connectivity index (χ1n) is 11.8. The van der Waals surface area contributed by atoms with Gasteiger partial charge >= 0.3 is 5.97 Å². The molecule has 35 heavy (non-hydrogen) atoms. The molecule has 0 radical (unpaired) electrons. The van der Waals surface area contributed by atoms with E-state index in [0.29, 0.717) is 43.4 Å². The largest absolute Gasteiger partial charge is 0.496 e. The van der Waals surface area contributed by atoms with Crippen molar-refractivity contribution in [1.82, 2.24) is 5.32 Å². The van der Waals surface area contributed by atoms with Gasteiger partial charge in [-0.3, -0.25) is 9.59 Å². The minimum absolute atomic E-state index is 0.00564. The minimum atomic E-state index is -0.747. The number of carboxylic acid groups (broad SMARTS) is 1. The monoisotopic (exact) mass is 495 g/mol. The van der Waals surface area contributed by atoms with Crippen LogP contribution in [0.1, 0.15) is 56.9 Å². The standard InChI is InChI=1S/C28H30FNO4S/c1-16-23(14-18-4-6-19(7-5-18)24-15-21(29)10-13-25(24)34-3)26(17(2)35-16)27(31)30-22-11-8-20(9-12-22)28(32)33/h4-7,10,13,15,20,22H,8-9,11-12,14H2,1-3H3,(H,30,31)(H,32,33). The van der Waals surface area contributed by atoms with Crippen LogP contribution in [0, 0.1) is 25.6 Å². The second-order valence-corrected chi connectivity index (χ2v) is 10.6. The van der Waals surface area contributed by atoms with Crippen LogP contribution >= 0.6 is 11.3 Å². The van der Waals surface area contributed by atoms with E-state index in [4.69, 9.17) is 4.74 Å². The molecule has 184 valence electrons. The number of nitrogens with one attached hydrogen (secondary N) is 1. The predicted octanol–water partition coefficient (Wildman–Crippen LogP) is 6.14. The van der Waals surface area contributed by atoms with E-state index in [1.165, 1.54) is 12.1 Å². The van der Waals surface area contributed by atoms with Gasteiger partial charge in [-0.05, 0) is 80.8 Å². The molecule has 1 aromatic heterocycles. The van der Waals surface area contributed by atoms with E-state index in [1.54, 1.807) is 24.5 Å². The van der Waals surface area contributed by atoms with E-state index in [-0.39, 0.29) is 23.7 Å². The van der Waals surface area contributed by atoms with Crippen LogP contribution in [0.4, 0.5) is 4.39 Å². The molecule has 0 aliphatic heterocycles. The first-order chi connectivity index (χ1) is 16.8. The summed E-state index contributed by atoms with van der Waals surface area (Å²) in [5, 5.41) is 12.4. The molecular formula is C28H30FNO4S. The van der Waals surface area contributed by atoms with Crippen LogP contribution in [-0.4, -0.2) is 30.1 Å². The number of hydrogen-bond acceptors (Lipinski definition) is 4. The Morgan fingerprint density at radius 1 is 1.06 bits per heavy atom. The zero-order valence-corrected chi connectivity index (χ0v) is 21.0. The summed E-state index contributed by atoms with van der Waals surface area (Å²) in [5.74, 6) is -0.842. The lowest BCUT2D eigenvalue weighted by Gasteiger charge is -2.27. The summed E-state index contributed by atoms with van der Waals surface area (Å²) in [7, 11) is 1.57. The van der Waals surface area contributed by atoms with Crippen LogP contribution in [0.2, 0.25) is 0 Å². The van der Waals surface area contributed by atoms with Gasteiger partial charge in [0.2, 0.25) is 0 Å². The Balaban J connectivity index is 1.50. The Hall–Kier alpha value is -3.19. The highest BCUT2D eigenvalue weighted by molar-refractivity contribution is 7.12. The summed E-state index contributed by atoms with van der Waals surface area (Å²) in [5.41, 5.74) is 4.35. The SMILES string of the molecule is COc1ccc(F)cc1-c1ccc(Cc2c(C)sc(C)c2C(=O)NC2CCC(C(=O)O)CC2)cc1. The highest BCUT2D eigenvalue weighted by Gasteiger charge is 2.28. The molecule has 4 rings (SSSR count). The molecule has 0 bridgehead atoms. The third kappa shape index (κ3) is 5.56. The highest BCUT2D eigenvalue weighted by atomic mass is 32.1. The van der Waals surface area contributed by atoms with Gasteiger partial charge in [0.25, 0.3) is 5.91 Å². The Labute approximate surface area is 209 Å². The maximum atomic E-state index is 13.8. The number of carbonyl (C=O) groups excluding carboxylic acids is 1. The van der Waals surface area contributed by atoms with E-state index < -0.39 is 5.97 Å². The molecule has 1 heterocycles. The maximum Gasteiger partial charge on any atom is 0.306 e. The van der Waals surface area contributed by atoms with Gasteiger partial charge in [-0.25, -0.2) is 4.39 Å². The van der Waals surface area contributed by atoms with Crippen LogP contribution in [0.3, 0.4) is 0 Å². The number of carbonyl (C=O) groups is 2. The van der Waals surface area contributed by atoms with Crippen molar-refractivity contribution in [3.63, 3.8) is 0 Å². The number of carboxylic acids is 1. The van der Waals surface area contributed by atoms with Crippen molar-refractivity contribution in [1.29, 1.82) is 0 Å². The van der Waals surface area contributed by atoms with Gasteiger partial charge < -0.3 is 15.2 Å². The molecule has 1 aliphatic rings. The number of hydrogen-bond donors (Lipinski definition) is 2. The molecule has 7 heteroatoms. The molecule has 2 N–H and O–H groups in total. The number of thiophene rings is 1. The highest BCUT2D eigenvalue weighted by Crippen LogP contribution is 2.33. The number of benzene rings is 2. The summed E-state index contributed by atoms with van der Waals surface area (Å²) < 4.78 is 19.2. The first-order valence-corrected chi connectivity index (χ1v) is 12.6. The Morgan fingerprint density at radius 3 is 2.37 bits per heavy atom. The topological polar surface area (TPSA) is 75.6 Å².